The number of thiophene rings is 1. The molecule has 1 aromatic heterocycles. The van der Waals surface area contributed by atoms with Gasteiger partial charge in [-0.25, -0.2) is 0 Å². The van der Waals surface area contributed by atoms with E-state index >= 15 is 0 Å². The zero-order valence-corrected chi connectivity index (χ0v) is 18.0. The van der Waals surface area contributed by atoms with E-state index in [0.29, 0.717) is 6.04 Å². The van der Waals surface area contributed by atoms with Crippen molar-refractivity contribution in [2.75, 3.05) is 52.5 Å². The largest absolute Gasteiger partial charge is 0.377 e. The molecule has 1 fully saturated rings. The van der Waals surface area contributed by atoms with Gasteiger partial charge in [-0.1, -0.05) is 17.7 Å². The van der Waals surface area contributed by atoms with E-state index < -0.39 is 0 Å². The summed E-state index contributed by atoms with van der Waals surface area (Å²) in [6, 6.07) is 4.66. The number of nitrogens with zero attached hydrogens (tertiary/aromatic N) is 2. The first kappa shape index (κ1) is 21.3. The molecule has 0 spiro atoms. The maximum Gasteiger partial charge on any atom is 0.191 e. The highest BCUT2D eigenvalue weighted by Crippen LogP contribution is 2.27. The van der Waals surface area contributed by atoms with Crippen LogP contribution in [0, 0.1) is 0 Å². The van der Waals surface area contributed by atoms with Crippen molar-refractivity contribution in [3.63, 3.8) is 0 Å². The average molecular weight is 407 g/mol. The van der Waals surface area contributed by atoms with Crippen LogP contribution in [0.2, 0.25) is 0 Å². The highest BCUT2D eigenvalue weighted by atomic mass is 32.1. The van der Waals surface area contributed by atoms with Gasteiger partial charge in [0.2, 0.25) is 0 Å². The quantitative estimate of drug-likeness (QED) is 0.395. The van der Waals surface area contributed by atoms with E-state index in [9.17, 15) is 0 Å². The van der Waals surface area contributed by atoms with Gasteiger partial charge < -0.3 is 20.1 Å². The van der Waals surface area contributed by atoms with E-state index in [2.05, 4.69) is 53.0 Å². The predicted octanol–water partition coefficient (Wildman–Crippen LogP) is 2.80. The Hall–Kier alpha value is -1.41. The van der Waals surface area contributed by atoms with Crippen LogP contribution < -0.4 is 10.6 Å². The van der Waals surface area contributed by atoms with Gasteiger partial charge in [0.25, 0.3) is 0 Å². The fourth-order valence-electron chi connectivity index (χ4n) is 3.65. The fourth-order valence-corrected chi connectivity index (χ4v) is 4.50. The highest BCUT2D eigenvalue weighted by molar-refractivity contribution is 7.10. The average Bonchev–Trinajstić information content (AvgIpc) is 3.23. The normalized spacial score (nSPS) is 22.6. The molecule has 6 nitrogen and oxygen atoms in total. The second-order valence-corrected chi connectivity index (χ2v) is 8.27. The van der Waals surface area contributed by atoms with Crippen molar-refractivity contribution < 1.29 is 9.47 Å². The number of hydrogen-bond donors (Lipinski definition) is 2. The van der Waals surface area contributed by atoms with Gasteiger partial charge in [0.15, 0.2) is 5.96 Å². The number of guanidine groups is 1. The van der Waals surface area contributed by atoms with Crippen molar-refractivity contribution in [1.82, 2.24) is 15.5 Å². The van der Waals surface area contributed by atoms with E-state index in [1.165, 1.54) is 10.5 Å². The molecule has 156 valence electrons. The Morgan fingerprint density at radius 2 is 2.32 bits per heavy atom. The minimum Gasteiger partial charge on any atom is -0.377 e. The third-order valence-electron chi connectivity index (χ3n) is 5.15. The minimum absolute atomic E-state index is 0.277. The molecule has 2 N–H and O–H groups in total. The van der Waals surface area contributed by atoms with Gasteiger partial charge in [-0.15, -0.1) is 11.3 Å². The van der Waals surface area contributed by atoms with Crippen LogP contribution in [0.5, 0.6) is 0 Å². The van der Waals surface area contributed by atoms with Crippen molar-refractivity contribution in [1.29, 1.82) is 0 Å². The number of ether oxygens (including phenoxy) is 2. The fraction of sp³-hybridized carbons (Fsp3) is 0.667. The zero-order chi connectivity index (χ0) is 19.6. The van der Waals surface area contributed by atoms with Gasteiger partial charge >= 0.3 is 0 Å². The van der Waals surface area contributed by atoms with E-state index in [4.69, 9.17) is 14.5 Å². The van der Waals surface area contributed by atoms with Crippen LogP contribution in [0.25, 0.3) is 0 Å². The Morgan fingerprint density at radius 1 is 1.39 bits per heavy atom. The molecule has 0 saturated carbocycles. The molecule has 0 radical (unpaired) electrons. The molecule has 0 aromatic carbocycles. The van der Waals surface area contributed by atoms with Gasteiger partial charge in [0.05, 0.1) is 38.5 Å². The second-order valence-electron chi connectivity index (χ2n) is 7.29. The summed E-state index contributed by atoms with van der Waals surface area (Å²) in [4.78, 5) is 8.82. The monoisotopic (exact) mass is 406 g/mol. The van der Waals surface area contributed by atoms with Gasteiger partial charge in [0.1, 0.15) is 0 Å². The number of morpholine rings is 1. The summed E-state index contributed by atoms with van der Waals surface area (Å²) >= 11 is 1.82. The topological polar surface area (TPSA) is 58.1 Å². The van der Waals surface area contributed by atoms with Crippen LogP contribution in [-0.4, -0.2) is 69.5 Å². The van der Waals surface area contributed by atoms with E-state index in [-0.39, 0.29) is 6.10 Å². The predicted molar refractivity (Wildman–Crippen MR) is 116 cm³/mol. The summed E-state index contributed by atoms with van der Waals surface area (Å²) in [6.45, 7) is 11.1. The third kappa shape index (κ3) is 6.58. The molecule has 7 heteroatoms. The lowest BCUT2D eigenvalue weighted by atomic mass is 10.1. The maximum absolute atomic E-state index is 5.74. The Balaban J connectivity index is 1.59. The van der Waals surface area contributed by atoms with Crippen molar-refractivity contribution >= 4 is 17.3 Å². The molecule has 2 aliphatic rings. The molecule has 1 saturated heterocycles. The Labute approximate surface area is 173 Å². The van der Waals surface area contributed by atoms with Crippen molar-refractivity contribution in [2.45, 2.75) is 38.8 Å². The van der Waals surface area contributed by atoms with Crippen molar-refractivity contribution in [3.05, 3.63) is 34.0 Å². The van der Waals surface area contributed by atoms with E-state index in [1.807, 2.05) is 11.3 Å². The van der Waals surface area contributed by atoms with Gasteiger partial charge in [-0.3, -0.25) is 9.89 Å². The molecule has 0 bridgehead atoms. The molecule has 3 rings (SSSR count). The van der Waals surface area contributed by atoms with Gasteiger partial charge in [-0.2, -0.15) is 0 Å². The molecule has 0 aliphatic carbocycles. The molecule has 0 amide bonds. The van der Waals surface area contributed by atoms with Gasteiger partial charge in [0, 0.05) is 31.1 Å². The zero-order valence-electron chi connectivity index (χ0n) is 17.2. The third-order valence-corrected chi connectivity index (χ3v) is 6.12. The first-order valence-corrected chi connectivity index (χ1v) is 11.3. The minimum atomic E-state index is 0.277. The number of rotatable bonds is 8. The lowest BCUT2D eigenvalue weighted by Crippen LogP contribution is -2.44. The molecule has 2 atom stereocenters. The standard InChI is InChI=1S/C21H34N4O2S/c1-3-22-21(23-9-6-18-7-11-26-12-8-18)24-15-19(20-5-4-14-28-20)25-10-13-27-17(2)16-25/h4-5,7,14,17,19H,3,6,8-13,15-16H2,1-2H3,(H2,22,23,24). The highest BCUT2D eigenvalue weighted by Gasteiger charge is 2.26. The molecule has 28 heavy (non-hydrogen) atoms. The summed E-state index contributed by atoms with van der Waals surface area (Å²) in [5, 5.41) is 9.04. The van der Waals surface area contributed by atoms with Gasteiger partial charge in [-0.05, 0) is 38.1 Å². The van der Waals surface area contributed by atoms with Crippen molar-refractivity contribution in [3.8, 4) is 0 Å². The summed E-state index contributed by atoms with van der Waals surface area (Å²) < 4.78 is 11.1. The molecular formula is C21H34N4O2S. The first-order valence-electron chi connectivity index (χ1n) is 10.4. The Morgan fingerprint density at radius 3 is 3.04 bits per heavy atom. The summed E-state index contributed by atoms with van der Waals surface area (Å²) in [7, 11) is 0. The van der Waals surface area contributed by atoms with E-state index in [1.54, 1.807) is 0 Å². The number of nitrogens with one attached hydrogen (secondary N) is 2. The maximum atomic E-state index is 5.74. The molecular weight excluding hydrogens is 372 g/mol. The molecule has 3 heterocycles. The number of hydrogen-bond acceptors (Lipinski definition) is 5. The smallest absolute Gasteiger partial charge is 0.191 e. The van der Waals surface area contributed by atoms with Crippen LogP contribution in [0.1, 0.15) is 37.6 Å². The van der Waals surface area contributed by atoms with Crippen LogP contribution >= 0.6 is 11.3 Å². The molecule has 2 aliphatic heterocycles. The van der Waals surface area contributed by atoms with Crippen molar-refractivity contribution in [2.24, 2.45) is 4.99 Å². The molecule has 2 unspecified atom stereocenters. The lowest BCUT2D eigenvalue weighted by Gasteiger charge is -2.36. The first-order chi connectivity index (χ1) is 13.8. The number of aliphatic imine (C=N–C) groups is 1. The summed E-state index contributed by atoms with van der Waals surface area (Å²) in [5.74, 6) is 0.901. The van der Waals surface area contributed by atoms with Crippen LogP contribution in [-0.2, 0) is 9.47 Å². The van der Waals surface area contributed by atoms with Crippen LogP contribution in [0.15, 0.2) is 34.2 Å². The SMILES string of the molecule is CCNC(=NCC(c1cccs1)N1CCOC(C)C1)NCCC1=CCOCC1. The van der Waals surface area contributed by atoms with Crippen LogP contribution in [0.4, 0.5) is 0 Å². The Bertz CT molecular complexity index is 632. The van der Waals surface area contributed by atoms with Crippen LogP contribution in [0.3, 0.4) is 0 Å². The second kappa shape index (κ2) is 11.6. The van der Waals surface area contributed by atoms with E-state index in [0.717, 1.165) is 71.3 Å². The summed E-state index contributed by atoms with van der Waals surface area (Å²) in [5.41, 5.74) is 1.48. The molecule has 1 aromatic rings. The lowest BCUT2D eigenvalue weighted by molar-refractivity contribution is -0.0327. The Kier molecular flexibility index (Phi) is 8.79. The summed E-state index contributed by atoms with van der Waals surface area (Å²) in [6.07, 6.45) is 4.58.